The molecule has 1 heterocycles. The highest BCUT2D eigenvalue weighted by molar-refractivity contribution is 6.04. The lowest BCUT2D eigenvalue weighted by Gasteiger charge is -2.10. The van der Waals surface area contributed by atoms with Crippen LogP contribution in [0.1, 0.15) is 10.4 Å². The van der Waals surface area contributed by atoms with Crippen molar-refractivity contribution in [2.45, 2.75) is 0 Å². The molecule has 6 nitrogen and oxygen atoms in total. The number of carbonyl (C=O) groups is 1. The number of methoxy groups -OCH3 is 1. The molecule has 1 aromatic heterocycles. The number of rotatable bonds is 8. The van der Waals surface area contributed by atoms with E-state index in [0.717, 1.165) is 17.9 Å². The largest absolute Gasteiger partial charge is 0.497 e. The van der Waals surface area contributed by atoms with Gasteiger partial charge in [-0.2, -0.15) is 0 Å². The quantitative estimate of drug-likeness (QED) is 0.558. The number of carbonyl (C=O) groups excluding carboxylic acids is 1. The minimum Gasteiger partial charge on any atom is -0.497 e. The maximum absolute atomic E-state index is 13.7. The van der Waals surface area contributed by atoms with Crippen LogP contribution in [0.4, 0.5) is 20.2 Å². The van der Waals surface area contributed by atoms with Gasteiger partial charge in [-0.1, -0.05) is 6.07 Å². The zero-order chi connectivity index (χ0) is 20.6. The summed E-state index contributed by atoms with van der Waals surface area (Å²) in [6.07, 6.45) is 2.85. The molecule has 1 amide bonds. The van der Waals surface area contributed by atoms with Crippen molar-refractivity contribution in [2.75, 3.05) is 30.9 Å². The summed E-state index contributed by atoms with van der Waals surface area (Å²) in [5.74, 6) is -0.926. The van der Waals surface area contributed by atoms with Gasteiger partial charge in [0.1, 0.15) is 35.4 Å². The van der Waals surface area contributed by atoms with Crippen LogP contribution in [0.25, 0.3) is 0 Å². The first-order valence-corrected chi connectivity index (χ1v) is 8.78. The fraction of sp³-hybridized carbons (Fsp3) is 0.143. The van der Waals surface area contributed by atoms with E-state index in [1.807, 2.05) is 0 Å². The van der Waals surface area contributed by atoms with Crippen LogP contribution in [-0.2, 0) is 0 Å². The number of nitrogens with zero attached hydrogens (tertiary/aromatic N) is 1. The van der Waals surface area contributed by atoms with Crippen molar-refractivity contribution in [2.24, 2.45) is 0 Å². The molecule has 0 saturated carbocycles. The molecule has 29 heavy (non-hydrogen) atoms. The second kappa shape index (κ2) is 9.50. The predicted octanol–water partition coefficient (Wildman–Crippen LogP) is 4.11. The summed E-state index contributed by atoms with van der Waals surface area (Å²) in [5, 5.41) is 5.31. The number of benzene rings is 2. The van der Waals surface area contributed by atoms with Gasteiger partial charge < -0.3 is 20.1 Å². The fourth-order valence-electron chi connectivity index (χ4n) is 2.50. The smallest absolute Gasteiger partial charge is 0.257 e. The predicted molar refractivity (Wildman–Crippen MR) is 106 cm³/mol. The standard InChI is InChI=1S/C21H19F2N3O3/c1-28-16-5-7-17(8-6-16)29-10-9-25-15-11-14(12-24-13-15)21(27)26-20-18(22)3-2-4-19(20)23/h2-8,11-13,25H,9-10H2,1H3,(H,26,27). The number of para-hydroxylation sites is 1. The number of nitrogens with one attached hydrogen (secondary N) is 2. The number of pyridine rings is 1. The summed E-state index contributed by atoms with van der Waals surface area (Å²) in [4.78, 5) is 16.3. The van der Waals surface area contributed by atoms with Crippen LogP contribution < -0.4 is 20.1 Å². The van der Waals surface area contributed by atoms with Crippen molar-refractivity contribution in [1.29, 1.82) is 0 Å². The third kappa shape index (κ3) is 5.41. The summed E-state index contributed by atoms with van der Waals surface area (Å²) >= 11 is 0. The van der Waals surface area contributed by atoms with E-state index in [4.69, 9.17) is 9.47 Å². The molecule has 0 aliphatic rings. The van der Waals surface area contributed by atoms with E-state index in [9.17, 15) is 13.6 Å². The second-order valence-corrected chi connectivity index (χ2v) is 5.96. The molecule has 3 rings (SSSR count). The Morgan fingerprint density at radius 3 is 2.41 bits per heavy atom. The van der Waals surface area contributed by atoms with Crippen molar-refractivity contribution in [3.8, 4) is 11.5 Å². The van der Waals surface area contributed by atoms with Crippen LogP contribution in [0.5, 0.6) is 11.5 Å². The molecule has 0 saturated heterocycles. The Kier molecular flexibility index (Phi) is 6.57. The maximum Gasteiger partial charge on any atom is 0.257 e. The molecule has 0 aliphatic carbocycles. The number of amides is 1. The Hall–Kier alpha value is -3.68. The average molecular weight is 399 g/mol. The minimum absolute atomic E-state index is 0.161. The van der Waals surface area contributed by atoms with Gasteiger partial charge in [0.2, 0.25) is 0 Å². The van der Waals surface area contributed by atoms with Crippen molar-refractivity contribution >= 4 is 17.3 Å². The minimum atomic E-state index is -0.851. The first kappa shape index (κ1) is 20.1. The number of hydrogen-bond donors (Lipinski definition) is 2. The third-order valence-electron chi connectivity index (χ3n) is 3.96. The van der Waals surface area contributed by atoms with E-state index >= 15 is 0 Å². The summed E-state index contributed by atoms with van der Waals surface area (Å²) in [6.45, 7) is 0.837. The molecule has 0 aliphatic heterocycles. The van der Waals surface area contributed by atoms with Crippen LogP contribution in [0, 0.1) is 11.6 Å². The van der Waals surface area contributed by atoms with Gasteiger partial charge in [0.15, 0.2) is 0 Å². The van der Waals surface area contributed by atoms with Crippen LogP contribution in [0.2, 0.25) is 0 Å². The highest BCUT2D eigenvalue weighted by Crippen LogP contribution is 2.20. The summed E-state index contributed by atoms with van der Waals surface area (Å²) in [7, 11) is 1.59. The monoisotopic (exact) mass is 399 g/mol. The fourth-order valence-corrected chi connectivity index (χ4v) is 2.50. The summed E-state index contributed by atoms with van der Waals surface area (Å²) in [6, 6.07) is 12.1. The Bertz CT molecular complexity index is 961. The molecule has 2 aromatic carbocycles. The number of halogens is 2. The molecule has 8 heteroatoms. The van der Waals surface area contributed by atoms with Gasteiger partial charge in [0, 0.05) is 18.9 Å². The Balaban J connectivity index is 1.54. The average Bonchev–Trinajstić information content (AvgIpc) is 2.74. The summed E-state index contributed by atoms with van der Waals surface area (Å²) < 4.78 is 38.1. The van der Waals surface area contributed by atoms with Gasteiger partial charge in [-0.25, -0.2) is 8.78 Å². The van der Waals surface area contributed by atoms with Crippen molar-refractivity contribution in [3.63, 3.8) is 0 Å². The highest BCUT2D eigenvalue weighted by atomic mass is 19.1. The van der Waals surface area contributed by atoms with E-state index in [2.05, 4.69) is 15.6 Å². The number of anilines is 2. The molecular weight excluding hydrogens is 380 g/mol. The van der Waals surface area contributed by atoms with Crippen LogP contribution >= 0.6 is 0 Å². The van der Waals surface area contributed by atoms with E-state index in [1.54, 1.807) is 31.4 Å². The number of aromatic nitrogens is 1. The molecule has 150 valence electrons. The molecule has 2 N–H and O–H groups in total. The van der Waals surface area contributed by atoms with Gasteiger partial charge in [0.25, 0.3) is 5.91 Å². The van der Waals surface area contributed by atoms with Gasteiger partial charge in [0.05, 0.1) is 18.4 Å². The number of ether oxygens (including phenoxy) is 2. The topological polar surface area (TPSA) is 72.5 Å². The normalized spacial score (nSPS) is 10.3. The maximum atomic E-state index is 13.7. The van der Waals surface area contributed by atoms with Gasteiger partial charge >= 0.3 is 0 Å². The Morgan fingerprint density at radius 2 is 1.72 bits per heavy atom. The number of hydrogen-bond acceptors (Lipinski definition) is 5. The molecule has 3 aromatic rings. The molecular formula is C21H19F2N3O3. The lowest BCUT2D eigenvalue weighted by atomic mass is 10.2. The van der Waals surface area contributed by atoms with E-state index in [1.165, 1.54) is 24.5 Å². The molecule has 0 spiro atoms. The molecule has 0 atom stereocenters. The van der Waals surface area contributed by atoms with Gasteiger partial charge in [-0.15, -0.1) is 0 Å². The Morgan fingerprint density at radius 1 is 1.03 bits per heavy atom. The molecule has 0 bridgehead atoms. The zero-order valence-electron chi connectivity index (χ0n) is 15.6. The lowest BCUT2D eigenvalue weighted by Crippen LogP contribution is -2.16. The van der Waals surface area contributed by atoms with E-state index in [-0.39, 0.29) is 5.56 Å². The van der Waals surface area contributed by atoms with Crippen molar-refractivity contribution in [3.05, 3.63) is 78.1 Å². The van der Waals surface area contributed by atoms with Crippen molar-refractivity contribution in [1.82, 2.24) is 4.98 Å². The molecule has 0 radical (unpaired) electrons. The van der Waals surface area contributed by atoms with Crippen LogP contribution in [0.3, 0.4) is 0 Å². The van der Waals surface area contributed by atoms with E-state index < -0.39 is 23.2 Å². The van der Waals surface area contributed by atoms with Gasteiger partial charge in [-0.3, -0.25) is 9.78 Å². The highest BCUT2D eigenvalue weighted by Gasteiger charge is 2.14. The van der Waals surface area contributed by atoms with Gasteiger partial charge in [-0.05, 0) is 42.5 Å². The summed E-state index contributed by atoms with van der Waals surface area (Å²) in [5.41, 5.74) is 0.238. The molecule has 0 fully saturated rings. The van der Waals surface area contributed by atoms with E-state index in [0.29, 0.717) is 24.6 Å². The van der Waals surface area contributed by atoms with Crippen LogP contribution in [-0.4, -0.2) is 31.2 Å². The second-order valence-electron chi connectivity index (χ2n) is 5.96. The van der Waals surface area contributed by atoms with Crippen molar-refractivity contribution < 1.29 is 23.0 Å². The first-order valence-electron chi connectivity index (χ1n) is 8.78. The lowest BCUT2D eigenvalue weighted by molar-refractivity contribution is 0.102. The molecule has 0 unspecified atom stereocenters. The van der Waals surface area contributed by atoms with Crippen LogP contribution in [0.15, 0.2) is 60.9 Å². The SMILES string of the molecule is COc1ccc(OCCNc2cncc(C(=O)Nc3c(F)cccc3F)c2)cc1. The third-order valence-corrected chi connectivity index (χ3v) is 3.96. The first-order chi connectivity index (χ1) is 14.1. The zero-order valence-corrected chi connectivity index (χ0v) is 15.6. The Labute approximate surface area is 166 Å².